The number of nitrogens with zero attached hydrogens (tertiary/aromatic N) is 3. The lowest BCUT2D eigenvalue weighted by molar-refractivity contribution is 0.589. The third-order valence-electron chi connectivity index (χ3n) is 5.21. The summed E-state index contributed by atoms with van der Waals surface area (Å²) in [7, 11) is 0. The fraction of sp³-hybridized carbons (Fsp3) is 0.273. The maximum Gasteiger partial charge on any atom is 0.271 e. The first-order valence-electron chi connectivity index (χ1n) is 9.36. The Balaban J connectivity index is 1.96. The van der Waals surface area contributed by atoms with Crippen molar-refractivity contribution in [3.05, 3.63) is 74.5 Å². The van der Waals surface area contributed by atoms with Crippen molar-refractivity contribution in [2.75, 3.05) is 31.1 Å². The van der Waals surface area contributed by atoms with E-state index in [2.05, 4.69) is 16.3 Å². The molecule has 0 bridgehead atoms. The van der Waals surface area contributed by atoms with E-state index in [-0.39, 0.29) is 11.1 Å². The van der Waals surface area contributed by atoms with Crippen molar-refractivity contribution in [1.29, 1.82) is 5.26 Å². The third-order valence-corrected chi connectivity index (χ3v) is 5.44. The number of nitriles is 1. The standard InChI is InChI=1S/C22H21ClN4O/c1-15-2-4-16(5-3-15)14-27-20-7-6-17(23)12-18(20)21(19(13-24)22(27)28)26-10-8-25-9-11-26/h2-7,12,25H,8-11,14H2,1H3. The van der Waals surface area contributed by atoms with E-state index in [0.29, 0.717) is 17.3 Å². The second-order valence-electron chi connectivity index (χ2n) is 7.11. The molecule has 0 spiro atoms. The lowest BCUT2D eigenvalue weighted by atomic mass is 10.1. The molecule has 2 aromatic carbocycles. The van der Waals surface area contributed by atoms with Gasteiger partial charge in [-0.15, -0.1) is 0 Å². The first-order chi connectivity index (χ1) is 13.6. The smallest absolute Gasteiger partial charge is 0.271 e. The Kier molecular flexibility index (Phi) is 5.08. The summed E-state index contributed by atoms with van der Waals surface area (Å²) in [4.78, 5) is 15.4. The Labute approximate surface area is 168 Å². The number of anilines is 1. The molecule has 3 aromatic rings. The molecule has 2 heterocycles. The van der Waals surface area contributed by atoms with Crippen molar-refractivity contribution in [2.45, 2.75) is 13.5 Å². The molecular weight excluding hydrogens is 372 g/mol. The molecule has 1 N–H and O–H groups in total. The van der Waals surface area contributed by atoms with Gasteiger partial charge in [0.25, 0.3) is 5.56 Å². The molecule has 6 heteroatoms. The average molecular weight is 393 g/mol. The van der Waals surface area contributed by atoms with Crippen molar-refractivity contribution in [2.24, 2.45) is 0 Å². The van der Waals surface area contributed by atoms with Crippen molar-refractivity contribution in [3.8, 4) is 6.07 Å². The van der Waals surface area contributed by atoms with Crippen LogP contribution in [0, 0.1) is 18.3 Å². The Morgan fingerprint density at radius 2 is 1.86 bits per heavy atom. The fourth-order valence-corrected chi connectivity index (χ4v) is 3.94. The van der Waals surface area contributed by atoms with Crippen LogP contribution < -0.4 is 15.8 Å². The van der Waals surface area contributed by atoms with Crippen LogP contribution in [0.3, 0.4) is 0 Å². The molecule has 142 valence electrons. The Bertz CT molecular complexity index is 1120. The highest BCUT2D eigenvalue weighted by Crippen LogP contribution is 2.31. The van der Waals surface area contributed by atoms with E-state index in [1.807, 2.05) is 43.3 Å². The number of aromatic nitrogens is 1. The van der Waals surface area contributed by atoms with Gasteiger partial charge in [0.15, 0.2) is 0 Å². The molecule has 0 aliphatic carbocycles. The molecule has 1 fully saturated rings. The van der Waals surface area contributed by atoms with Gasteiger partial charge in [-0.1, -0.05) is 41.4 Å². The number of piperazine rings is 1. The van der Waals surface area contributed by atoms with Crippen LogP contribution in [-0.2, 0) is 6.54 Å². The van der Waals surface area contributed by atoms with Crippen molar-refractivity contribution in [3.63, 3.8) is 0 Å². The van der Waals surface area contributed by atoms with Gasteiger partial charge in [-0.25, -0.2) is 0 Å². The van der Waals surface area contributed by atoms with E-state index < -0.39 is 0 Å². The van der Waals surface area contributed by atoms with E-state index in [4.69, 9.17) is 11.6 Å². The second-order valence-corrected chi connectivity index (χ2v) is 7.55. The summed E-state index contributed by atoms with van der Waals surface area (Å²) in [6.45, 7) is 5.57. The number of benzene rings is 2. The molecule has 0 radical (unpaired) electrons. The highest BCUT2D eigenvalue weighted by Gasteiger charge is 2.23. The molecule has 0 atom stereocenters. The van der Waals surface area contributed by atoms with Gasteiger partial charge in [-0.2, -0.15) is 5.26 Å². The van der Waals surface area contributed by atoms with Gasteiger partial charge in [-0.3, -0.25) is 4.79 Å². The highest BCUT2D eigenvalue weighted by molar-refractivity contribution is 6.31. The molecule has 0 saturated carbocycles. The zero-order valence-electron chi connectivity index (χ0n) is 15.7. The predicted molar refractivity (Wildman–Crippen MR) is 113 cm³/mol. The normalized spacial score (nSPS) is 14.2. The van der Waals surface area contributed by atoms with Crippen LogP contribution in [0.2, 0.25) is 5.02 Å². The van der Waals surface area contributed by atoms with Crippen molar-refractivity contribution < 1.29 is 0 Å². The summed E-state index contributed by atoms with van der Waals surface area (Å²) < 4.78 is 1.68. The topological polar surface area (TPSA) is 61.1 Å². The Hall–Kier alpha value is -2.81. The molecule has 4 rings (SSSR count). The lowest BCUT2D eigenvalue weighted by Crippen LogP contribution is -2.44. The second kappa shape index (κ2) is 7.67. The Morgan fingerprint density at radius 3 is 2.54 bits per heavy atom. The number of aryl methyl sites for hydroxylation is 1. The third kappa shape index (κ3) is 3.37. The van der Waals surface area contributed by atoms with Gasteiger partial charge < -0.3 is 14.8 Å². The highest BCUT2D eigenvalue weighted by atomic mass is 35.5. The Morgan fingerprint density at radius 1 is 1.14 bits per heavy atom. The van der Waals surface area contributed by atoms with E-state index in [0.717, 1.165) is 42.6 Å². The number of halogens is 1. The maximum absolute atomic E-state index is 13.3. The van der Waals surface area contributed by atoms with Crippen LogP contribution in [0.15, 0.2) is 47.3 Å². The summed E-state index contributed by atoms with van der Waals surface area (Å²) in [6, 6.07) is 15.8. The van der Waals surface area contributed by atoms with Crippen LogP contribution in [0.4, 0.5) is 5.69 Å². The fourth-order valence-electron chi connectivity index (χ4n) is 3.76. The molecule has 1 aromatic heterocycles. The van der Waals surface area contributed by atoms with Crippen molar-refractivity contribution >= 4 is 28.2 Å². The summed E-state index contributed by atoms with van der Waals surface area (Å²) in [5, 5.41) is 14.6. The molecule has 1 aliphatic rings. The summed E-state index contributed by atoms with van der Waals surface area (Å²) >= 11 is 6.29. The van der Waals surface area contributed by atoms with E-state index in [9.17, 15) is 10.1 Å². The number of rotatable bonds is 3. The number of pyridine rings is 1. The number of fused-ring (bicyclic) bond motifs is 1. The molecular formula is C22H21ClN4O. The summed E-state index contributed by atoms with van der Waals surface area (Å²) in [6.07, 6.45) is 0. The SMILES string of the molecule is Cc1ccc(Cn2c(=O)c(C#N)c(N3CCNCC3)c3cc(Cl)ccc32)cc1. The number of hydrogen-bond donors (Lipinski definition) is 1. The summed E-state index contributed by atoms with van der Waals surface area (Å²) in [5.74, 6) is 0. The van der Waals surface area contributed by atoms with Gasteiger partial charge in [0.1, 0.15) is 11.6 Å². The van der Waals surface area contributed by atoms with Crippen LogP contribution in [-0.4, -0.2) is 30.7 Å². The lowest BCUT2D eigenvalue weighted by Gasteiger charge is -2.31. The van der Waals surface area contributed by atoms with Crippen LogP contribution >= 0.6 is 11.6 Å². The minimum Gasteiger partial charge on any atom is -0.367 e. The van der Waals surface area contributed by atoms with Crippen LogP contribution in [0.5, 0.6) is 0 Å². The number of hydrogen-bond acceptors (Lipinski definition) is 4. The zero-order valence-corrected chi connectivity index (χ0v) is 16.5. The van der Waals surface area contributed by atoms with Gasteiger partial charge in [0, 0.05) is 36.6 Å². The molecule has 5 nitrogen and oxygen atoms in total. The molecule has 28 heavy (non-hydrogen) atoms. The van der Waals surface area contributed by atoms with E-state index in [1.54, 1.807) is 10.6 Å². The van der Waals surface area contributed by atoms with Crippen LogP contribution in [0.25, 0.3) is 10.9 Å². The minimum atomic E-state index is -0.258. The number of nitrogens with one attached hydrogen (secondary N) is 1. The maximum atomic E-state index is 13.3. The monoisotopic (exact) mass is 392 g/mol. The van der Waals surface area contributed by atoms with Gasteiger partial charge in [0.05, 0.1) is 17.7 Å². The predicted octanol–water partition coefficient (Wildman–Crippen LogP) is 3.29. The minimum absolute atomic E-state index is 0.184. The first kappa shape index (κ1) is 18.5. The summed E-state index contributed by atoms with van der Waals surface area (Å²) in [5.41, 5.74) is 3.60. The van der Waals surface area contributed by atoms with Gasteiger partial charge in [0.2, 0.25) is 0 Å². The molecule has 1 aliphatic heterocycles. The molecule has 0 unspecified atom stereocenters. The quantitative estimate of drug-likeness (QED) is 0.743. The molecule has 1 saturated heterocycles. The molecule has 0 amide bonds. The van der Waals surface area contributed by atoms with E-state index in [1.165, 1.54) is 5.56 Å². The first-order valence-corrected chi connectivity index (χ1v) is 9.73. The van der Waals surface area contributed by atoms with Gasteiger partial charge in [-0.05, 0) is 30.7 Å². The largest absolute Gasteiger partial charge is 0.367 e. The zero-order chi connectivity index (χ0) is 19.7. The average Bonchev–Trinajstić information content (AvgIpc) is 2.71. The van der Waals surface area contributed by atoms with Gasteiger partial charge >= 0.3 is 0 Å². The van der Waals surface area contributed by atoms with Crippen molar-refractivity contribution in [1.82, 2.24) is 9.88 Å². The van der Waals surface area contributed by atoms with Crippen LogP contribution in [0.1, 0.15) is 16.7 Å². The van der Waals surface area contributed by atoms with E-state index >= 15 is 0 Å².